The third-order valence-electron chi connectivity index (χ3n) is 7.08. The molecule has 0 saturated heterocycles. The molecule has 1 aliphatic carbocycles. The van der Waals surface area contributed by atoms with Crippen molar-refractivity contribution in [3.05, 3.63) is 70.3 Å². The molecule has 3 N–H and O–H groups in total. The summed E-state index contributed by atoms with van der Waals surface area (Å²) < 4.78 is 16.8. The molecular weight excluding hydrogens is 504 g/mol. The minimum atomic E-state index is -1.21. The van der Waals surface area contributed by atoms with E-state index >= 15 is 0 Å². The number of fused-ring (bicyclic) bond motifs is 3. The fraction of sp³-hybridized carbons (Fsp3) is 0.414. The van der Waals surface area contributed by atoms with Crippen LogP contribution in [0.4, 0.5) is 0 Å². The van der Waals surface area contributed by atoms with Crippen LogP contribution in [0.15, 0.2) is 48.0 Å². The Hall–Kier alpha value is -3.73. The number of benzene rings is 2. The largest absolute Gasteiger partial charge is 0.493 e. The van der Waals surface area contributed by atoms with E-state index in [4.69, 9.17) is 14.2 Å². The monoisotopic (exact) mass is 538 g/mol. The number of aliphatic hydroxyl groups excluding tert-OH is 2. The van der Waals surface area contributed by atoms with Gasteiger partial charge < -0.3 is 34.6 Å². The number of rotatable bonds is 11. The summed E-state index contributed by atoms with van der Waals surface area (Å²) >= 11 is 0. The van der Waals surface area contributed by atoms with E-state index in [-0.39, 0.29) is 44.2 Å². The Labute approximate surface area is 227 Å². The van der Waals surface area contributed by atoms with Crippen LogP contribution in [0.3, 0.4) is 0 Å². The van der Waals surface area contributed by atoms with Gasteiger partial charge in [0, 0.05) is 36.9 Å². The second kappa shape index (κ2) is 12.4. The molecule has 4 rings (SSSR count). The maximum atomic E-state index is 13.4. The van der Waals surface area contributed by atoms with Gasteiger partial charge in [-0.25, -0.2) is 0 Å². The molecule has 2 aliphatic rings. The molecule has 208 valence electrons. The van der Waals surface area contributed by atoms with Gasteiger partial charge in [-0.05, 0) is 30.7 Å². The van der Waals surface area contributed by atoms with Crippen molar-refractivity contribution in [1.29, 1.82) is 0 Å². The zero-order valence-corrected chi connectivity index (χ0v) is 22.3. The van der Waals surface area contributed by atoms with Crippen molar-refractivity contribution in [2.24, 2.45) is 0 Å². The summed E-state index contributed by atoms with van der Waals surface area (Å²) in [6.07, 6.45) is 0.202. The highest BCUT2D eigenvalue weighted by atomic mass is 16.5. The normalized spacial score (nSPS) is 21.2. The molecule has 4 unspecified atom stereocenters. The number of hydrogen-bond donors (Lipinski definition) is 3. The highest BCUT2D eigenvalue weighted by Crippen LogP contribution is 2.51. The number of methoxy groups -OCH3 is 2. The number of carbonyl (C=O) groups excluding carboxylic acids is 3. The van der Waals surface area contributed by atoms with Crippen LogP contribution in [0, 0.1) is 6.92 Å². The van der Waals surface area contributed by atoms with Crippen LogP contribution < -0.4 is 14.8 Å². The lowest BCUT2D eigenvalue weighted by atomic mass is 9.77. The Kier molecular flexibility index (Phi) is 9.01. The molecule has 2 aromatic rings. The van der Waals surface area contributed by atoms with Crippen molar-refractivity contribution in [2.75, 3.05) is 34.0 Å². The Balaban J connectivity index is 1.80. The standard InChI is InChI=1S/C29H34N2O8/c1-17-4-6-18(7-5-17)15-31(24(34)8-11-37-2)22-14-21(29(36)30-9-10-32)25-20-12-19(16-33)13-23(38-3)27(20)39-28(25)26(22)35/h4-7,12-14,16,22,25-26,28,32,35H,8-11,15H2,1-3H3,(H,30,36). The molecule has 2 amide bonds. The van der Waals surface area contributed by atoms with E-state index < -0.39 is 30.1 Å². The number of carbonyl (C=O) groups is 3. The molecule has 0 bridgehead atoms. The van der Waals surface area contributed by atoms with Crippen molar-refractivity contribution in [2.45, 2.75) is 44.1 Å². The maximum absolute atomic E-state index is 13.4. The number of nitrogens with zero attached hydrogens (tertiary/aromatic N) is 1. The number of amides is 2. The molecule has 4 atom stereocenters. The molecule has 0 radical (unpaired) electrons. The second-order valence-corrected chi connectivity index (χ2v) is 9.65. The number of nitrogens with one attached hydrogen (secondary N) is 1. The van der Waals surface area contributed by atoms with Crippen molar-refractivity contribution in [3.63, 3.8) is 0 Å². The molecule has 39 heavy (non-hydrogen) atoms. The minimum Gasteiger partial charge on any atom is -0.493 e. The van der Waals surface area contributed by atoms with Crippen LogP contribution in [0.25, 0.3) is 0 Å². The van der Waals surface area contributed by atoms with Crippen molar-refractivity contribution in [1.82, 2.24) is 10.2 Å². The van der Waals surface area contributed by atoms with Gasteiger partial charge in [0.05, 0.1) is 38.7 Å². The first-order chi connectivity index (χ1) is 18.8. The molecule has 2 aromatic carbocycles. The average molecular weight is 539 g/mol. The summed E-state index contributed by atoms with van der Waals surface area (Å²) in [5.74, 6) is -0.829. The molecule has 0 aromatic heterocycles. The van der Waals surface area contributed by atoms with E-state index in [2.05, 4.69) is 5.32 Å². The van der Waals surface area contributed by atoms with E-state index in [1.54, 1.807) is 12.1 Å². The first-order valence-corrected chi connectivity index (χ1v) is 12.8. The lowest BCUT2D eigenvalue weighted by molar-refractivity contribution is -0.139. The van der Waals surface area contributed by atoms with E-state index in [1.807, 2.05) is 31.2 Å². The average Bonchev–Trinajstić information content (AvgIpc) is 3.34. The van der Waals surface area contributed by atoms with E-state index in [0.717, 1.165) is 11.1 Å². The molecule has 1 heterocycles. The van der Waals surface area contributed by atoms with E-state index in [0.29, 0.717) is 28.9 Å². The number of hydrogen-bond acceptors (Lipinski definition) is 8. The van der Waals surface area contributed by atoms with Crippen molar-refractivity contribution >= 4 is 18.1 Å². The minimum absolute atomic E-state index is 0.0199. The summed E-state index contributed by atoms with van der Waals surface area (Å²) in [5.41, 5.74) is 3.05. The Morgan fingerprint density at radius 3 is 2.56 bits per heavy atom. The van der Waals surface area contributed by atoms with Crippen LogP contribution in [-0.4, -0.2) is 85.4 Å². The van der Waals surface area contributed by atoms with Gasteiger partial charge in [-0.1, -0.05) is 29.8 Å². The summed E-state index contributed by atoms with van der Waals surface area (Å²) in [6.45, 7) is 2.11. The van der Waals surface area contributed by atoms with Crippen LogP contribution in [0.2, 0.25) is 0 Å². The smallest absolute Gasteiger partial charge is 0.247 e. The first kappa shape index (κ1) is 28.3. The molecule has 0 spiro atoms. The van der Waals surface area contributed by atoms with Crippen LogP contribution in [0.5, 0.6) is 11.5 Å². The fourth-order valence-corrected chi connectivity index (χ4v) is 5.14. The molecule has 0 fully saturated rings. The van der Waals surface area contributed by atoms with Crippen LogP contribution in [-0.2, 0) is 20.9 Å². The second-order valence-electron chi connectivity index (χ2n) is 9.65. The first-order valence-electron chi connectivity index (χ1n) is 12.8. The van der Waals surface area contributed by atoms with Gasteiger partial charge in [0.25, 0.3) is 0 Å². The third-order valence-corrected chi connectivity index (χ3v) is 7.08. The van der Waals surface area contributed by atoms with Gasteiger partial charge in [0.1, 0.15) is 18.5 Å². The van der Waals surface area contributed by atoms with E-state index in [1.165, 1.54) is 25.2 Å². The third kappa shape index (κ3) is 5.83. The maximum Gasteiger partial charge on any atom is 0.247 e. The predicted octanol–water partition coefficient (Wildman–Crippen LogP) is 1.50. The Bertz CT molecular complexity index is 1240. The summed E-state index contributed by atoms with van der Waals surface area (Å²) in [4.78, 5) is 40.0. The summed E-state index contributed by atoms with van der Waals surface area (Å²) in [5, 5.41) is 23.6. The molecular formula is C29H34N2O8. The zero-order chi connectivity index (χ0) is 28.1. The predicted molar refractivity (Wildman–Crippen MR) is 142 cm³/mol. The molecule has 10 heteroatoms. The van der Waals surface area contributed by atoms with Gasteiger partial charge in [-0.2, -0.15) is 0 Å². The lowest BCUT2D eigenvalue weighted by Crippen LogP contribution is -2.55. The summed E-state index contributed by atoms with van der Waals surface area (Å²) in [7, 11) is 2.95. The number of aldehydes is 1. The zero-order valence-electron chi connectivity index (χ0n) is 22.3. The SMILES string of the molecule is COCCC(=O)N(Cc1ccc(C)cc1)C1C=C(C(=O)NCCO)C2c3cc(C=O)cc(OC)c3OC2C1O. The van der Waals surface area contributed by atoms with Crippen LogP contribution >= 0.6 is 0 Å². The quantitative estimate of drug-likeness (QED) is 0.367. The topological polar surface area (TPSA) is 135 Å². The van der Waals surface area contributed by atoms with Gasteiger partial charge in [0.2, 0.25) is 11.8 Å². The van der Waals surface area contributed by atoms with Crippen molar-refractivity contribution in [3.8, 4) is 11.5 Å². The fourth-order valence-electron chi connectivity index (χ4n) is 5.14. The Morgan fingerprint density at radius 1 is 1.18 bits per heavy atom. The summed E-state index contributed by atoms with van der Waals surface area (Å²) in [6, 6.07) is 9.95. The van der Waals surface area contributed by atoms with E-state index in [9.17, 15) is 24.6 Å². The molecule has 10 nitrogen and oxygen atoms in total. The van der Waals surface area contributed by atoms with Gasteiger partial charge in [-0.3, -0.25) is 14.4 Å². The van der Waals surface area contributed by atoms with Crippen molar-refractivity contribution < 1.29 is 38.8 Å². The molecule has 0 saturated carbocycles. The van der Waals surface area contributed by atoms with Gasteiger partial charge >= 0.3 is 0 Å². The Morgan fingerprint density at radius 2 is 1.92 bits per heavy atom. The lowest BCUT2D eigenvalue weighted by Gasteiger charge is -2.40. The van der Waals surface area contributed by atoms with Gasteiger partial charge in [-0.15, -0.1) is 0 Å². The number of aliphatic hydroxyl groups is 2. The van der Waals surface area contributed by atoms with Crippen LogP contribution in [0.1, 0.15) is 39.4 Å². The highest BCUT2D eigenvalue weighted by molar-refractivity contribution is 5.96. The van der Waals surface area contributed by atoms with Gasteiger partial charge in [0.15, 0.2) is 11.5 Å². The number of ether oxygens (including phenoxy) is 3. The number of aryl methyl sites for hydroxylation is 1. The highest BCUT2D eigenvalue weighted by Gasteiger charge is 2.51. The molecule has 1 aliphatic heterocycles.